The van der Waals surface area contributed by atoms with E-state index in [4.69, 9.17) is 18.5 Å². The fraction of sp³-hybridized carbons (Fsp3) is 0.586. The van der Waals surface area contributed by atoms with Crippen LogP contribution < -0.4 is 19.8 Å². The number of imidazole rings is 1. The number of alkyl halides is 1. The van der Waals surface area contributed by atoms with Crippen LogP contribution in [0.5, 0.6) is 5.75 Å². The average Bonchev–Trinajstić information content (AvgIpc) is 3.50. The van der Waals surface area contributed by atoms with Gasteiger partial charge in [0.15, 0.2) is 35.7 Å². The van der Waals surface area contributed by atoms with Crippen molar-refractivity contribution in [3.63, 3.8) is 0 Å². The minimum absolute atomic E-state index is 0.0143. The first-order valence-electron chi connectivity index (χ1n) is 14.9. The summed E-state index contributed by atoms with van der Waals surface area (Å²) in [5.74, 6) is -0.110. The van der Waals surface area contributed by atoms with Crippen LogP contribution in [-0.4, -0.2) is 92.7 Å². The second-order valence-corrected chi connectivity index (χ2v) is 13.8. The van der Waals surface area contributed by atoms with E-state index in [0.29, 0.717) is 11.3 Å². The van der Waals surface area contributed by atoms with Crippen molar-refractivity contribution in [2.45, 2.75) is 84.1 Å². The van der Waals surface area contributed by atoms with E-state index in [0.717, 1.165) is 0 Å². The van der Waals surface area contributed by atoms with Crippen LogP contribution in [0.25, 0.3) is 11.2 Å². The molecule has 1 aliphatic heterocycles. The molecule has 0 aliphatic carbocycles. The van der Waals surface area contributed by atoms with Gasteiger partial charge in [0.1, 0.15) is 17.5 Å². The van der Waals surface area contributed by atoms with E-state index in [-0.39, 0.29) is 35.3 Å². The monoisotopic (exact) mass is 667 g/mol. The van der Waals surface area contributed by atoms with Crippen molar-refractivity contribution < 1.29 is 42.5 Å². The number of para-hydroxylation sites is 1. The number of fused-ring (bicyclic) bond motifs is 1. The number of ether oxygens (including phenoxy) is 2. The third-order valence-corrected chi connectivity index (χ3v) is 8.78. The van der Waals surface area contributed by atoms with Gasteiger partial charge in [0, 0.05) is 20.0 Å². The number of hydrogen-bond acceptors (Lipinski definition) is 12. The number of carbonyl (C=O) groups excluding carboxylic acids is 1. The van der Waals surface area contributed by atoms with Gasteiger partial charge in [-0.3, -0.25) is 19.2 Å². The van der Waals surface area contributed by atoms with Crippen LogP contribution >= 0.6 is 7.75 Å². The molecule has 254 valence electrons. The molecule has 1 unspecified atom stereocenters. The average molecular weight is 668 g/mol. The molecule has 4 rings (SSSR count). The molecule has 0 spiro atoms. The summed E-state index contributed by atoms with van der Waals surface area (Å²) in [6.07, 6.45) is -5.56. The van der Waals surface area contributed by atoms with Gasteiger partial charge in [-0.25, -0.2) is 19.0 Å². The number of carbonyl (C=O) groups is 1. The number of amides is 1. The Hall–Kier alpha value is -3.24. The van der Waals surface area contributed by atoms with E-state index in [2.05, 4.69) is 25.4 Å². The molecule has 0 radical (unpaired) electrons. The van der Waals surface area contributed by atoms with Crippen LogP contribution in [0, 0.1) is 5.92 Å². The lowest BCUT2D eigenvalue weighted by Crippen LogP contribution is -2.45. The molecule has 0 saturated carbocycles. The molecular formula is C29H43FN7O8P. The highest BCUT2D eigenvalue weighted by molar-refractivity contribution is 7.52. The minimum Gasteiger partial charge on any atom is -0.413 e. The van der Waals surface area contributed by atoms with E-state index in [1.54, 1.807) is 77.0 Å². The summed E-state index contributed by atoms with van der Waals surface area (Å²) in [5.41, 5.74) is -1.28. The van der Waals surface area contributed by atoms with Crippen molar-refractivity contribution in [3.05, 3.63) is 36.7 Å². The zero-order valence-electron chi connectivity index (χ0n) is 27.1. The van der Waals surface area contributed by atoms with E-state index in [1.807, 2.05) is 0 Å². The number of anilines is 2. The molecule has 3 aromatic rings. The molecule has 46 heavy (non-hydrogen) atoms. The second-order valence-electron chi connectivity index (χ2n) is 12.1. The predicted molar refractivity (Wildman–Crippen MR) is 168 cm³/mol. The first kappa shape index (κ1) is 35.6. The molecule has 1 aliphatic rings. The minimum atomic E-state index is -4.29. The lowest BCUT2D eigenvalue weighted by molar-refractivity contribution is -0.138. The Morgan fingerprint density at radius 2 is 1.87 bits per heavy atom. The number of halogens is 1. The quantitative estimate of drug-likeness (QED) is 0.145. The SMILES string of the molecule is CC(C)OC(O)[C@H](C)N[P@](=O)(OC[C@@]1(C)O[C@@H](n2cnc3c(N(C)C)nc(NC(=O)C(C)C)nc32)[C@H](F)[C@@H]1O)Oc1ccccc1. The molecule has 0 bridgehead atoms. The zero-order chi connectivity index (χ0) is 34.0. The lowest BCUT2D eigenvalue weighted by Gasteiger charge is -2.31. The molecule has 17 heteroatoms. The Labute approximate surface area is 267 Å². The fourth-order valence-corrected chi connectivity index (χ4v) is 6.21. The molecule has 1 amide bonds. The fourth-order valence-electron chi connectivity index (χ4n) is 4.58. The smallest absolute Gasteiger partial charge is 0.413 e. The van der Waals surface area contributed by atoms with Gasteiger partial charge in [-0.1, -0.05) is 32.0 Å². The number of aliphatic hydroxyl groups excluding tert-OH is 2. The van der Waals surface area contributed by atoms with E-state index < -0.39 is 50.8 Å². The normalized spacial score (nSPS) is 24.2. The summed E-state index contributed by atoms with van der Waals surface area (Å²) in [5, 5.41) is 26.8. The molecule has 7 atom stereocenters. The summed E-state index contributed by atoms with van der Waals surface area (Å²) < 4.78 is 54.1. The highest BCUT2D eigenvalue weighted by Crippen LogP contribution is 2.48. The number of aliphatic hydroxyl groups is 2. The maximum atomic E-state index is 15.9. The topological polar surface area (TPSA) is 182 Å². The number of aromatic nitrogens is 4. The Morgan fingerprint density at radius 1 is 1.20 bits per heavy atom. The molecule has 15 nitrogen and oxygen atoms in total. The molecule has 4 N–H and O–H groups in total. The molecule has 3 heterocycles. The molecule has 2 aromatic heterocycles. The number of nitrogens with zero attached hydrogens (tertiary/aromatic N) is 5. The van der Waals surface area contributed by atoms with E-state index in [9.17, 15) is 19.6 Å². The number of rotatable bonds is 14. The molecule has 1 saturated heterocycles. The Morgan fingerprint density at radius 3 is 2.48 bits per heavy atom. The van der Waals surface area contributed by atoms with Gasteiger partial charge >= 0.3 is 7.75 Å². The van der Waals surface area contributed by atoms with Crippen molar-refractivity contribution in [3.8, 4) is 5.75 Å². The third kappa shape index (κ3) is 8.00. The van der Waals surface area contributed by atoms with Crippen molar-refractivity contribution in [1.82, 2.24) is 24.6 Å². The van der Waals surface area contributed by atoms with E-state index >= 15 is 4.39 Å². The Kier molecular flexibility index (Phi) is 11.0. The van der Waals surface area contributed by atoms with Gasteiger partial charge in [-0.2, -0.15) is 9.97 Å². The largest absolute Gasteiger partial charge is 0.459 e. The lowest BCUT2D eigenvalue weighted by atomic mass is 9.99. The van der Waals surface area contributed by atoms with Crippen molar-refractivity contribution in [2.24, 2.45) is 5.92 Å². The molecular weight excluding hydrogens is 624 g/mol. The number of hydrogen-bond donors (Lipinski definition) is 4. The van der Waals surface area contributed by atoms with Gasteiger partial charge in [0.05, 0.1) is 25.1 Å². The summed E-state index contributed by atoms with van der Waals surface area (Å²) in [6.45, 7) is 9.25. The highest BCUT2D eigenvalue weighted by Gasteiger charge is 2.55. The number of benzene rings is 1. The Bertz CT molecular complexity index is 1540. The van der Waals surface area contributed by atoms with Gasteiger partial charge in [0.25, 0.3) is 0 Å². The summed E-state index contributed by atoms with van der Waals surface area (Å²) in [4.78, 5) is 27.2. The van der Waals surface area contributed by atoms with Gasteiger partial charge in [-0.15, -0.1) is 0 Å². The first-order valence-corrected chi connectivity index (χ1v) is 16.4. The van der Waals surface area contributed by atoms with Crippen LogP contribution in [0.15, 0.2) is 36.7 Å². The molecule has 1 fully saturated rings. The van der Waals surface area contributed by atoms with Crippen LogP contribution in [-0.2, 0) is 23.4 Å². The van der Waals surface area contributed by atoms with Gasteiger partial charge < -0.3 is 29.1 Å². The highest BCUT2D eigenvalue weighted by atomic mass is 31.2. The van der Waals surface area contributed by atoms with Crippen LogP contribution in [0.4, 0.5) is 16.2 Å². The van der Waals surface area contributed by atoms with Crippen LogP contribution in [0.1, 0.15) is 47.8 Å². The summed E-state index contributed by atoms with van der Waals surface area (Å²) >= 11 is 0. The van der Waals surface area contributed by atoms with Gasteiger partial charge in [-0.05, 0) is 39.8 Å². The summed E-state index contributed by atoms with van der Waals surface area (Å²) in [7, 11) is -0.826. The molecule has 1 aromatic carbocycles. The van der Waals surface area contributed by atoms with Crippen molar-refractivity contribution in [2.75, 3.05) is 30.9 Å². The second kappa shape index (κ2) is 14.3. The van der Waals surface area contributed by atoms with Crippen molar-refractivity contribution in [1.29, 1.82) is 0 Å². The van der Waals surface area contributed by atoms with Gasteiger partial charge in [0.2, 0.25) is 11.9 Å². The first-order chi connectivity index (χ1) is 21.5. The van der Waals surface area contributed by atoms with Crippen LogP contribution in [0.2, 0.25) is 0 Å². The maximum Gasteiger partial charge on any atom is 0.459 e. The maximum absolute atomic E-state index is 15.9. The van der Waals surface area contributed by atoms with E-state index in [1.165, 1.54) is 24.7 Å². The van der Waals surface area contributed by atoms with Crippen LogP contribution in [0.3, 0.4) is 0 Å². The zero-order valence-corrected chi connectivity index (χ0v) is 28.0. The summed E-state index contributed by atoms with van der Waals surface area (Å²) in [6, 6.07) is 7.28. The third-order valence-electron chi connectivity index (χ3n) is 7.14. The standard InChI is InChI=1S/C29H43FN7O8P/c1-16(2)25(39)34-28-32-23(36(7)8)21-24(33-28)37(15-31-21)26-20(30)22(38)29(6,44-26)14-42-46(41,45-19-12-10-9-11-13-19)35-18(5)27(40)43-17(3)4/h9-13,15-18,20,22,26-27,38,40H,14H2,1-8H3,(H,35,41)(H,32,33,34,39)/t18-,20+,22-,26+,27?,29+,46-/m0/s1. The predicted octanol–water partition coefficient (Wildman–Crippen LogP) is 3.40. The number of nitrogens with one attached hydrogen (secondary N) is 2. The van der Waals surface area contributed by atoms with Crippen molar-refractivity contribution >= 4 is 36.6 Å². The Balaban J connectivity index is 1.61.